The molecule has 1 aliphatic heterocycles. The number of benzene rings is 10. The molecular weight excluding hydrogens is 1290 g/mol. The first-order valence-corrected chi connectivity index (χ1v) is 31.4. The van der Waals surface area contributed by atoms with Crippen LogP contribution in [0.1, 0.15) is 124 Å². The number of ether oxygens (including phenoxy) is 1. The topological polar surface area (TPSA) is 40.8 Å². The minimum absolute atomic E-state index is 0. The van der Waals surface area contributed by atoms with Crippen LogP contribution < -0.4 is 9.30 Å². The van der Waals surface area contributed by atoms with E-state index in [1.807, 2.05) is 41.1 Å². The van der Waals surface area contributed by atoms with E-state index in [9.17, 15) is 8.22 Å². The van der Waals surface area contributed by atoms with E-state index in [1.54, 1.807) is 18.2 Å². The molecule has 16 rings (SSSR count). The normalized spacial score (nSPS) is 15.4. The molecule has 1 aliphatic carbocycles. The molecule has 14 aromatic rings. The van der Waals surface area contributed by atoms with Crippen LogP contribution in [0.5, 0.6) is 11.5 Å². The quantitative estimate of drug-likeness (QED) is 0.123. The van der Waals surface area contributed by atoms with Crippen LogP contribution in [-0.4, -0.2) is 18.7 Å². The van der Waals surface area contributed by atoms with Gasteiger partial charge in [0.1, 0.15) is 5.82 Å². The summed E-state index contributed by atoms with van der Waals surface area (Å²) < 4.78 is 71.4. The number of hydrogen-bond acceptors (Lipinski definition) is 2. The number of hydrogen-bond donors (Lipinski definition) is 0. The molecule has 0 fully saturated rings. The zero-order chi connectivity index (χ0) is 66.9. The van der Waals surface area contributed by atoms with Gasteiger partial charge in [0.15, 0.2) is 0 Å². The molecule has 0 saturated heterocycles. The molecular formula is C84H73N5OPt-2. The van der Waals surface area contributed by atoms with Gasteiger partial charge in [-0.15, -0.1) is 29.7 Å². The SMILES string of the molecule is [2H]C([2H])([2H])c1cccc(C([2H])([2H])[2H])c1-c1cc(C(C)(C)C)cc2c1-[n+]1[c-]n(-c3[c-]c(Oc4[c-]c5c(cc4)c4ccccc4n5-c4cc(C(C)(C)C)ccn4)ccc3)c3cc(-n4c5ccccc5c5ccccc54)cc(c31)-c1ccccc1-c1cc3c(cc1-2)C(C)(C)CCC3(C)C.[Pt]. The van der Waals surface area contributed by atoms with Crippen molar-refractivity contribution in [2.75, 3.05) is 0 Å². The molecule has 0 saturated carbocycles. The second kappa shape index (κ2) is 21.0. The van der Waals surface area contributed by atoms with Crippen molar-refractivity contribution in [2.24, 2.45) is 0 Å². The Morgan fingerprint density at radius 3 is 1.69 bits per heavy atom. The maximum atomic E-state index is 9.29. The number of nitrogens with zero attached hydrogens (tertiary/aromatic N) is 5. The van der Waals surface area contributed by atoms with Gasteiger partial charge >= 0.3 is 0 Å². The average molecular weight is 1370 g/mol. The summed E-state index contributed by atoms with van der Waals surface area (Å²) in [6, 6.07) is 74.1. The van der Waals surface area contributed by atoms with E-state index < -0.39 is 19.1 Å². The molecule has 0 spiro atoms. The first kappa shape index (κ1) is 51.6. The summed E-state index contributed by atoms with van der Waals surface area (Å²) >= 11 is 0. The van der Waals surface area contributed by atoms with Crippen LogP contribution in [0.4, 0.5) is 0 Å². The standard InChI is InChI=1S/C84H73N5O.Pt/c1-51-23-21-24-52(2)78(51)69-42-54(82(6,7)8)41-67-66-49-71-70(83(9,10)38-39-84(71,11)12)48-65(66)59-27-13-14-28-60(59)68-45-56(88-72-32-18-15-29-61(72)62-30-16-19-33-73(62)88)46-76-80(68)87(79(67)69)50-86(76)55-25-22-26-57(44-55)90-58-35-36-64-63-31-17-20-34-74(63)89(75(64)47-58)77-43-53(37-40-85-77)81(3,4)5;/h13-37,40-43,45-46,48-49H,38-39H2,1-12H3;/q-2;/i1D3,2D3;. The number of aromatic nitrogens is 5. The van der Waals surface area contributed by atoms with Gasteiger partial charge in [-0.1, -0.05) is 190 Å². The number of fused-ring (bicyclic) bond motifs is 14. The summed E-state index contributed by atoms with van der Waals surface area (Å²) in [6.07, 6.45) is 7.84. The Bertz CT molecular complexity index is 5510. The van der Waals surface area contributed by atoms with Crippen LogP contribution in [0.3, 0.4) is 0 Å². The van der Waals surface area contributed by atoms with Crippen LogP contribution in [0.2, 0.25) is 0 Å². The summed E-state index contributed by atoms with van der Waals surface area (Å²) in [6.45, 7) is 17.1. The molecule has 0 unspecified atom stereocenters. The maximum absolute atomic E-state index is 9.29. The van der Waals surface area contributed by atoms with E-state index in [4.69, 9.17) is 9.72 Å². The van der Waals surface area contributed by atoms with Gasteiger partial charge in [0, 0.05) is 69.0 Å². The van der Waals surface area contributed by atoms with Crippen molar-refractivity contribution in [3.8, 4) is 78.9 Å². The first-order valence-electron chi connectivity index (χ1n) is 34.4. The maximum Gasteiger partial charge on any atom is 0.268 e. The molecule has 6 nitrogen and oxygen atoms in total. The van der Waals surface area contributed by atoms with E-state index in [0.29, 0.717) is 28.4 Å². The number of imidazole rings is 1. The third kappa shape index (κ3) is 9.29. The second-order valence-electron chi connectivity index (χ2n) is 28.2. The Morgan fingerprint density at radius 2 is 1.05 bits per heavy atom. The van der Waals surface area contributed by atoms with Crippen molar-refractivity contribution in [3.63, 3.8) is 0 Å². The summed E-state index contributed by atoms with van der Waals surface area (Å²) in [7, 11) is 0. The van der Waals surface area contributed by atoms with Crippen LogP contribution in [0.15, 0.2) is 200 Å². The Kier molecular flexibility index (Phi) is 11.9. The molecule has 4 aromatic heterocycles. The van der Waals surface area contributed by atoms with E-state index >= 15 is 0 Å². The van der Waals surface area contributed by atoms with Crippen LogP contribution in [0, 0.1) is 32.2 Å². The van der Waals surface area contributed by atoms with Gasteiger partial charge in [-0.3, -0.25) is 4.57 Å². The van der Waals surface area contributed by atoms with Gasteiger partial charge < -0.3 is 18.4 Å². The van der Waals surface area contributed by atoms with Gasteiger partial charge in [0.2, 0.25) is 0 Å². The van der Waals surface area contributed by atoms with E-state index in [-0.39, 0.29) is 54.0 Å². The molecule has 0 radical (unpaired) electrons. The molecule has 0 bridgehead atoms. The smallest absolute Gasteiger partial charge is 0.268 e. The molecule has 452 valence electrons. The molecule has 5 heterocycles. The van der Waals surface area contributed by atoms with Crippen molar-refractivity contribution in [1.29, 1.82) is 0 Å². The molecule has 0 amide bonds. The van der Waals surface area contributed by atoms with Gasteiger partial charge in [-0.25, -0.2) is 4.98 Å². The summed E-state index contributed by atoms with van der Waals surface area (Å²) in [5.41, 5.74) is 17.2. The van der Waals surface area contributed by atoms with E-state index in [1.165, 1.54) is 11.1 Å². The van der Waals surface area contributed by atoms with Gasteiger partial charge in [-0.2, -0.15) is 18.2 Å². The molecule has 91 heavy (non-hydrogen) atoms. The molecule has 2 aliphatic rings. The zero-order valence-electron chi connectivity index (χ0n) is 58.9. The fraction of sp³-hybridized carbons (Fsp3) is 0.214. The monoisotopic (exact) mass is 1370 g/mol. The summed E-state index contributed by atoms with van der Waals surface area (Å²) in [5.74, 6) is 1.70. The minimum atomic E-state index is -2.73. The summed E-state index contributed by atoms with van der Waals surface area (Å²) in [5, 5.41) is 4.31. The zero-order valence-corrected chi connectivity index (χ0v) is 55.2. The average Bonchev–Trinajstić information content (AvgIpc) is 1.66. The number of rotatable bonds is 6. The molecule has 0 N–H and O–H groups in total. The predicted octanol–water partition coefficient (Wildman–Crippen LogP) is 21.2. The molecule has 10 aromatic carbocycles. The van der Waals surface area contributed by atoms with Crippen molar-refractivity contribution in [1.82, 2.24) is 18.7 Å². The van der Waals surface area contributed by atoms with Crippen molar-refractivity contribution >= 4 is 54.6 Å². The third-order valence-electron chi connectivity index (χ3n) is 19.5. The van der Waals surface area contributed by atoms with E-state index in [0.717, 1.165) is 123 Å². The van der Waals surface area contributed by atoms with Crippen LogP contribution in [-0.2, 0) is 42.7 Å². The van der Waals surface area contributed by atoms with E-state index in [2.05, 4.69) is 247 Å². The third-order valence-corrected chi connectivity index (χ3v) is 19.5. The fourth-order valence-electron chi connectivity index (χ4n) is 14.6. The van der Waals surface area contributed by atoms with Crippen molar-refractivity contribution in [3.05, 3.63) is 252 Å². The Hall–Kier alpha value is -9.09. The number of pyridine rings is 1. The number of aryl methyl sites for hydroxylation is 2. The first-order chi connectivity index (χ1) is 45.6. The Balaban J connectivity index is 0.00000770. The van der Waals surface area contributed by atoms with Gasteiger partial charge in [-0.05, 0) is 186 Å². The Morgan fingerprint density at radius 1 is 0.495 bits per heavy atom. The minimum Gasteiger partial charge on any atom is -0.510 e. The summed E-state index contributed by atoms with van der Waals surface area (Å²) in [4.78, 5) is 4.94. The number of para-hydroxylation sites is 3. The van der Waals surface area contributed by atoms with Crippen LogP contribution in [0.25, 0.3) is 122 Å². The van der Waals surface area contributed by atoms with Crippen molar-refractivity contribution in [2.45, 2.75) is 117 Å². The second-order valence-corrected chi connectivity index (χ2v) is 28.2. The predicted molar refractivity (Wildman–Crippen MR) is 372 cm³/mol. The van der Waals surface area contributed by atoms with Gasteiger partial charge in [0.25, 0.3) is 6.33 Å². The molecule has 7 heteroatoms. The largest absolute Gasteiger partial charge is 0.510 e. The Labute approximate surface area is 557 Å². The van der Waals surface area contributed by atoms with Crippen molar-refractivity contribution < 1.29 is 38.6 Å². The molecule has 0 atom stereocenters. The fourth-order valence-corrected chi connectivity index (χ4v) is 14.6. The van der Waals surface area contributed by atoms with Crippen LogP contribution >= 0.6 is 0 Å². The van der Waals surface area contributed by atoms with Gasteiger partial charge in [0.05, 0.1) is 27.8 Å².